The van der Waals surface area contributed by atoms with E-state index >= 15 is 0 Å². The zero-order chi connectivity index (χ0) is 14.7. The number of benzene rings is 3. The van der Waals surface area contributed by atoms with Crippen LogP contribution in [0.15, 0.2) is 72.8 Å². The highest BCUT2D eigenvalue weighted by Gasteiger charge is 2.25. The van der Waals surface area contributed by atoms with Crippen molar-refractivity contribution in [1.82, 2.24) is 5.32 Å². The third-order valence-electron chi connectivity index (χ3n) is 3.30. The van der Waals surface area contributed by atoms with E-state index in [4.69, 9.17) is 0 Å². The number of hydrogen-bond donors (Lipinski definition) is 1. The largest absolute Gasteiger partial charge is 0.288 e. The summed E-state index contributed by atoms with van der Waals surface area (Å²) in [6.07, 6.45) is 0. The molecule has 102 valence electrons. The van der Waals surface area contributed by atoms with Gasteiger partial charge in [0, 0.05) is 0 Å². The zero-order valence-corrected chi connectivity index (χ0v) is 11.2. The second-order valence-corrected chi connectivity index (χ2v) is 4.68. The molecular weight excluding hydrogens is 262 g/mol. The molecule has 3 aromatic rings. The van der Waals surface area contributed by atoms with E-state index in [9.17, 15) is 9.59 Å². The number of carbonyl (C=O) groups is 2. The Morgan fingerprint density at radius 3 is 1.24 bits per heavy atom. The summed E-state index contributed by atoms with van der Waals surface area (Å²) in [5.41, 5.74) is 0.940. The first-order valence-corrected chi connectivity index (χ1v) is 6.64. The minimum absolute atomic E-state index is 0.300. The molecule has 1 N–H and O–H groups in total. The molecule has 0 saturated carbocycles. The molecule has 4 rings (SSSR count). The molecular formula is C18H13NO2. The van der Waals surface area contributed by atoms with Crippen LogP contribution in [0.4, 0.5) is 0 Å². The van der Waals surface area contributed by atoms with Crippen LogP contribution in [0.3, 0.4) is 0 Å². The van der Waals surface area contributed by atoms with Gasteiger partial charge in [0.2, 0.25) is 0 Å². The highest BCUT2D eigenvalue weighted by molar-refractivity contribution is 6.21. The summed E-state index contributed by atoms with van der Waals surface area (Å²) in [6, 6.07) is 23.4. The molecule has 2 amide bonds. The fraction of sp³-hybridized carbons (Fsp3) is 0. The van der Waals surface area contributed by atoms with Crippen molar-refractivity contribution in [3.8, 4) is 0 Å². The predicted molar refractivity (Wildman–Crippen MR) is 82.2 cm³/mol. The third kappa shape index (κ3) is 2.67. The molecule has 3 nitrogen and oxygen atoms in total. The van der Waals surface area contributed by atoms with Crippen LogP contribution in [-0.4, -0.2) is 11.8 Å². The number of nitrogens with one attached hydrogen (secondary N) is 1. The fourth-order valence-electron chi connectivity index (χ4n) is 2.25. The molecule has 21 heavy (non-hydrogen) atoms. The van der Waals surface area contributed by atoms with Gasteiger partial charge in [-0.1, -0.05) is 60.7 Å². The van der Waals surface area contributed by atoms with Gasteiger partial charge in [-0.15, -0.1) is 0 Å². The Bertz CT molecular complexity index is 726. The summed E-state index contributed by atoms with van der Waals surface area (Å²) in [7, 11) is 0. The Morgan fingerprint density at radius 1 is 0.524 bits per heavy atom. The number of imide groups is 1. The van der Waals surface area contributed by atoms with Crippen molar-refractivity contribution in [2.24, 2.45) is 0 Å². The molecule has 0 radical (unpaired) electrons. The van der Waals surface area contributed by atoms with Gasteiger partial charge in [0.05, 0.1) is 11.1 Å². The van der Waals surface area contributed by atoms with E-state index in [0.717, 1.165) is 0 Å². The molecule has 1 heterocycles. The third-order valence-corrected chi connectivity index (χ3v) is 3.30. The van der Waals surface area contributed by atoms with Crippen LogP contribution < -0.4 is 5.32 Å². The van der Waals surface area contributed by atoms with Crippen molar-refractivity contribution in [2.45, 2.75) is 0 Å². The zero-order valence-electron chi connectivity index (χ0n) is 11.2. The molecule has 0 spiro atoms. The SMILES string of the molecule is O=C1NC(=O)c2ccccc21.c1ccc2ccccc2c1. The van der Waals surface area contributed by atoms with Crippen molar-refractivity contribution in [1.29, 1.82) is 0 Å². The quantitative estimate of drug-likeness (QED) is 0.639. The molecule has 0 aromatic heterocycles. The van der Waals surface area contributed by atoms with Crippen LogP contribution in [0.2, 0.25) is 0 Å². The first kappa shape index (κ1) is 13.1. The second-order valence-electron chi connectivity index (χ2n) is 4.68. The van der Waals surface area contributed by atoms with E-state index in [0.29, 0.717) is 11.1 Å². The van der Waals surface area contributed by atoms with Crippen molar-refractivity contribution >= 4 is 22.6 Å². The lowest BCUT2D eigenvalue weighted by Gasteiger charge is -1.92. The summed E-state index contributed by atoms with van der Waals surface area (Å²) in [5.74, 6) is -0.601. The summed E-state index contributed by atoms with van der Waals surface area (Å²) in [4.78, 5) is 21.9. The van der Waals surface area contributed by atoms with Gasteiger partial charge in [-0.25, -0.2) is 0 Å². The maximum absolute atomic E-state index is 10.9. The highest BCUT2D eigenvalue weighted by atomic mass is 16.2. The maximum Gasteiger partial charge on any atom is 0.258 e. The fourth-order valence-corrected chi connectivity index (χ4v) is 2.25. The minimum Gasteiger partial charge on any atom is -0.288 e. The molecule has 0 unspecified atom stereocenters. The molecule has 3 aromatic carbocycles. The topological polar surface area (TPSA) is 46.2 Å². The van der Waals surface area contributed by atoms with Crippen LogP contribution in [0.1, 0.15) is 20.7 Å². The van der Waals surface area contributed by atoms with Gasteiger partial charge in [0.25, 0.3) is 11.8 Å². The van der Waals surface area contributed by atoms with E-state index < -0.39 is 0 Å². The number of fused-ring (bicyclic) bond motifs is 2. The average molecular weight is 275 g/mol. The van der Waals surface area contributed by atoms with E-state index in [1.54, 1.807) is 24.3 Å². The summed E-state index contributed by atoms with van der Waals surface area (Å²) < 4.78 is 0. The lowest BCUT2D eigenvalue weighted by molar-refractivity contribution is 0.0879. The first-order chi connectivity index (χ1) is 10.3. The van der Waals surface area contributed by atoms with Crippen LogP contribution in [0, 0.1) is 0 Å². The van der Waals surface area contributed by atoms with E-state index in [2.05, 4.69) is 53.8 Å². The van der Waals surface area contributed by atoms with Crippen molar-refractivity contribution in [2.75, 3.05) is 0 Å². The van der Waals surface area contributed by atoms with Gasteiger partial charge in [0.15, 0.2) is 0 Å². The molecule has 3 heteroatoms. The lowest BCUT2D eigenvalue weighted by atomic mass is 10.1. The van der Waals surface area contributed by atoms with Gasteiger partial charge >= 0.3 is 0 Å². The summed E-state index contributed by atoms with van der Waals surface area (Å²) >= 11 is 0. The van der Waals surface area contributed by atoms with Crippen molar-refractivity contribution in [3.05, 3.63) is 83.9 Å². The Morgan fingerprint density at radius 2 is 0.857 bits per heavy atom. The molecule has 0 aliphatic carbocycles. The van der Waals surface area contributed by atoms with Crippen LogP contribution in [-0.2, 0) is 0 Å². The first-order valence-electron chi connectivity index (χ1n) is 6.64. The van der Waals surface area contributed by atoms with E-state index in [1.807, 2.05) is 0 Å². The molecule has 0 bridgehead atoms. The standard InChI is InChI=1S/C10H8.C8H5NO2/c1-2-6-10-8-4-3-7-9(10)5-1;10-7-5-3-1-2-4-6(5)8(11)9-7/h1-8H;1-4H,(H,9,10,11). The Kier molecular flexibility index (Phi) is 3.48. The number of carbonyl (C=O) groups excluding carboxylic acids is 2. The van der Waals surface area contributed by atoms with Crippen LogP contribution in [0.5, 0.6) is 0 Å². The Balaban J connectivity index is 0.000000126. The Labute approximate surface area is 122 Å². The van der Waals surface area contributed by atoms with Crippen molar-refractivity contribution < 1.29 is 9.59 Å². The molecule has 0 fully saturated rings. The number of rotatable bonds is 0. The monoisotopic (exact) mass is 275 g/mol. The summed E-state index contributed by atoms with van der Waals surface area (Å²) in [6.45, 7) is 0. The van der Waals surface area contributed by atoms with Crippen molar-refractivity contribution in [3.63, 3.8) is 0 Å². The van der Waals surface area contributed by atoms with Gasteiger partial charge in [-0.3, -0.25) is 14.9 Å². The summed E-state index contributed by atoms with van der Waals surface area (Å²) in [5, 5.41) is 4.82. The normalized spacial score (nSPS) is 12.4. The molecule has 1 aliphatic heterocycles. The van der Waals surface area contributed by atoms with Crippen LogP contribution in [0.25, 0.3) is 10.8 Å². The molecule has 0 saturated heterocycles. The predicted octanol–water partition coefficient (Wildman–Crippen LogP) is 3.41. The molecule has 1 aliphatic rings. The van der Waals surface area contributed by atoms with Gasteiger partial charge in [0.1, 0.15) is 0 Å². The number of hydrogen-bond acceptors (Lipinski definition) is 2. The van der Waals surface area contributed by atoms with Crippen LogP contribution >= 0.6 is 0 Å². The number of amides is 2. The lowest BCUT2D eigenvalue weighted by Crippen LogP contribution is -2.19. The maximum atomic E-state index is 10.9. The molecule has 0 atom stereocenters. The second kappa shape index (κ2) is 5.59. The van der Waals surface area contributed by atoms with E-state index in [1.165, 1.54) is 10.8 Å². The van der Waals surface area contributed by atoms with Gasteiger partial charge in [-0.05, 0) is 22.9 Å². The van der Waals surface area contributed by atoms with Gasteiger partial charge in [-0.2, -0.15) is 0 Å². The van der Waals surface area contributed by atoms with Gasteiger partial charge < -0.3 is 0 Å². The Hall–Kier alpha value is -2.94. The smallest absolute Gasteiger partial charge is 0.258 e. The average Bonchev–Trinajstić information content (AvgIpc) is 2.83. The van der Waals surface area contributed by atoms with E-state index in [-0.39, 0.29) is 11.8 Å². The highest BCUT2D eigenvalue weighted by Crippen LogP contribution is 2.13. The minimum atomic E-state index is -0.300.